The first-order valence-electron chi connectivity index (χ1n) is 4.76. The second-order valence-corrected chi connectivity index (χ2v) is 5.69. The summed E-state index contributed by atoms with van der Waals surface area (Å²) in [6.45, 7) is 2.16. The lowest BCUT2D eigenvalue weighted by atomic mass is 10.5. The lowest BCUT2D eigenvalue weighted by molar-refractivity contribution is 0.463. The van der Waals surface area contributed by atoms with Gasteiger partial charge < -0.3 is 5.73 Å². The van der Waals surface area contributed by atoms with Crippen LogP contribution in [0.25, 0.3) is 0 Å². The number of hydrogen-bond acceptors (Lipinski definition) is 3. The lowest BCUT2D eigenvalue weighted by Crippen LogP contribution is -2.39. The van der Waals surface area contributed by atoms with Gasteiger partial charge in [-0.3, -0.25) is 5.41 Å². The van der Waals surface area contributed by atoms with E-state index in [2.05, 4.69) is 0 Å². The maximum Gasteiger partial charge on any atom is 0.214 e. The number of rotatable bonds is 6. The first kappa shape index (κ1) is 11.5. The fourth-order valence-electron chi connectivity index (χ4n) is 1.28. The van der Waals surface area contributed by atoms with Crippen molar-refractivity contribution in [3.63, 3.8) is 0 Å². The van der Waals surface area contributed by atoms with Crippen molar-refractivity contribution in [1.29, 1.82) is 5.41 Å². The van der Waals surface area contributed by atoms with E-state index in [0.717, 1.165) is 12.8 Å². The average Bonchev–Trinajstić information content (AvgIpc) is 2.82. The van der Waals surface area contributed by atoms with Gasteiger partial charge in [0.15, 0.2) is 0 Å². The van der Waals surface area contributed by atoms with Crippen molar-refractivity contribution < 1.29 is 8.42 Å². The van der Waals surface area contributed by atoms with Gasteiger partial charge in [-0.15, -0.1) is 0 Å². The number of nitrogens with one attached hydrogen (secondary N) is 1. The predicted molar refractivity (Wildman–Crippen MR) is 55.7 cm³/mol. The van der Waals surface area contributed by atoms with Gasteiger partial charge in [-0.1, -0.05) is 6.92 Å². The second-order valence-electron chi connectivity index (χ2n) is 3.67. The van der Waals surface area contributed by atoms with Crippen LogP contribution >= 0.6 is 0 Å². The van der Waals surface area contributed by atoms with E-state index in [0.29, 0.717) is 12.5 Å². The number of amidine groups is 1. The topological polar surface area (TPSA) is 87.2 Å². The zero-order chi connectivity index (χ0) is 10.8. The molecule has 0 aromatic rings. The Kier molecular flexibility index (Phi) is 3.49. The largest absolute Gasteiger partial charge is 0.387 e. The summed E-state index contributed by atoms with van der Waals surface area (Å²) in [4.78, 5) is 0. The molecule has 0 heterocycles. The van der Waals surface area contributed by atoms with Crippen LogP contribution in [0.4, 0.5) is 0 Å². The van der Waals surface area contributed by atoms with Gasteiger partial charge in [0.1, 0.15) is 5.84 Å². The summed E-state index contributed by atoms with van der Waals surface area (Å²) in [6, 6.07) is 0. The monoisotopic (exact) mass is 219 g/mol. The van der Waals surface area contributed by atoms with Gasteiger partial charge in [0.2, 0.25) is 10.0 Å². The van der Waals surface area contributed by atoms with Crippen LogP contribution < -0.4 is 5.73 Å². The summed E-state index contributed by atoms with van der Waals surface area (Å²) < 4.78 is 24.7. The van der Waals surface area contributed by atoms with E-state index in [9.17, 15) is 8.42 Å². The van der Waals surface area contributed by atoms with Gasteiger partial charge in [0, 0.05) is 6.54 Å². The highest BCUT2D eigenvalue weighted by molar-refractivity contribution is 7.89. The van der Waals surface area contributed by atoms with Crippen LogP contribution in [0.15, 0.2) is 0 Å². The summed E-state index contributed by atoms with van der Waals surface area (Å²) in [7, 11) is -3.19. The fraction of sp³-hybridized carbons (Fsp3) is 0.875. The number of nitrogens with two attached hydrogens (primary N) is 1. The normalized spacial score (nSPS) is 17.3. The maximum atomic E-state index is 11.7. The molecule has 0 aromatic carbocycles. The molecule has 0 aromatic heterocycles. The minimum Gasteiger partial charge on any atom is -0.387 e. The Morgan fingerprint density at radius 3 is 2.50 bits per heavy atom. The molecule has 1 aliphatic carbocycles. The van der Waals surface area contributed by atoms with Gasteiger partial charge >= 0.3 is 0 Å². The quantitative estimate of drug-likeness (QED) is 0.486. The molecule has 3 N–H and O–H groups in total. The van der Waals surface area contributed by atoms with Crippen LogP contribution in [0.5, 0.6) is 0 Å². The Morgan fingerprint density at radius 1 is 1.57 bits per heavy atom. The Labute approximate surface area is 84.8 Å². The van der Waals surface area contributed by atoms with Crippen molar-refractivity contribution in [3.8, 4) is 0 Å². The van der Waals surface area contributed by atoms with Gasteiger partial charge in [0.05, 0.1) is 12.3 Å². The van der Waals surface area contributed by atoms with E-state index < -0.39 is 10.0 Å². The third kappa shape index (κ3) is 3.26. The Balaban J connectivity index is 2.60. The summed E-state index contributed by atoms with van der Waals surface area (Å²) in [5.41, 5.74) is 5.19. The smallest absolute Gasteiger partial charge is 0.214 e. The minimum atomic E-state index is -3.19. The third-order valence-electron chi connectivity index (χ3n) is 2.24. The SMILES string of the molecule is CCN(CC(=N)N)S(=O)(=O)CC1CC1. The predicted octanol–water partition coefficient (Wildman–Crippen LogP) is -0.0159. The highest BCUT2D eigenvalue weighted by atomic mass is 32.2. The molecule has 5 nitrogen and oxygen atoms in total. The fourth-order valence-corrected chi connectivity index (χ4v) is 3.15. The molecule has 1 aliphatic rings. The molecule has 1 rings (SSSR count). The second kappa shape index (κ2) is 4.27. The summed E-state index contributed by atoms with van der Waals surface area (Å²) in [6.07, 6.45) is 2.02. The van der Waals surface area contributed by atoms with E-state index >= 15 is 0 Å². The number of likely N-dealkylation sites (N-methyl/N-ethyl adjacent to an activating group) is 1. The van der Waals surface area contributed by atoms with Crippen molar-refractivity contribution in [2.75, 3.05) is 18.8 Å². The molecule has 6 heteroatoms. The molecule has 0 saturated heterocycles. The van der Waals surface area contributed by atoms with Gasteiger partial charge in [-0.05, 0) is 18.8 Å². The van der Waals surface area contributed by atoms with Crippen LogP contribution in [-0.4, -0.2) is 37.4 Å². The van der Waals surface area contributed by atoms with Crippen molar-refractivity contribution in [2.24, 2.45) is 11.7 Å². The van der Waals surface area contributed by atoms with Crippen LogP contribution in [0.3, 0.4) is 0 Å². The first-order valence-corrected chi connectivity index (χ1v) is 6.37. The van der Waals surface area contributed by atoms with E-state index in [1.54, 1.807) is 6.92 Å². The zero-order valence-corrected chi connectivity index (χ0v) is 9.18. The molecule has 0 radical (unpaired) electrons. The average molecular weight is 219 g/mol. The van der Waals surface area contributed by atoms with E-state index in [1.165, 1.54) is 4.31 Å². The van der Waals surface area contributed by atoms with Crippen LogP contribution in [-0.2, 0) is 10.0 Å². The van der Waals surface area contributed by atoms with Crippen molar-refractivity contribution >= 4 is 15.9 Å². The molecule has 0 aliphatic heterocycles. The van der Waals surface area contributed by atoms with Crippen molar-refractivity contribution in [3.05, 3.63) is 0 Å². The Morgan fingerprint density at radius 2 is 2.14 bits per heavy atom. The van der Waals surface area contributed by atoms with E-state index in [1.807, 2.05) is 0 Å². The Bertz CT molecular complexity index is 309. The Hall–Kier alpha value is -0.620. The highest BCUT2D eigenvalue weighted by Crippen LogP contribution is 2.31. The van der Waals surface area contributed by atoms with Crippen LogP contribution in [0.2, 0.25) is 0 Å². The lowest BCUT2D eigenvalue weighted by Gasteiger charge is -2.19. The molecule has 0 unspecified atom stereocenters. The molecule has 82 valence electrons. The highest BCUT2D eigenvalue weighted by Gasteiger charge is 2.31. The molecule has 1 saturated carbocycles. The summed E-state index contributed by atoms with van der Waals surface area (Å²) in [5.74, 6) is 0.445. The standard InChI is InChI=1S/C8H17N3O2S/c1-2-11(5-8(9)10)14(12,13)6-7-3-4-7/h7H,2-6H2,1H3,(H3,9,10). The van der Waals surface area contributed by atoms with E-state index in [-0.39, 0.29) is 18.1 Å². The molecule has 0 bridgehead atoms. The third-order valence-corrected chi connectivity index (χ3v) is 4.30. The number of nitrogens with zero attached hydrogens (tertiary/aromatic N) is 1. The molecule has 0 spiro atoms. The summed E-state index contributed by atoms with van der Waals surface area (Å²) >= 11 is 0. The minimum absolute atomic E-state index is 0.0194. The van der Waals surface area contributed by atoms with Crippen LogP contribution in [0.1, 0.15) is 19.8 Å². The molecular formula is C8H17N3O2S. The molecular weight excluding hydrogens is 202 g/mol. The van der Waals surface area contributed by atoms with E-state index in [4.69, 9.17) is 11.1 Å². The van der Waals surface area contributed by atoms with Crippen molar-refractivity contribution in [1.82, 2.24) is 4.31 Å². The first-order chi connectivity index (χ1) is 6.45. The number of hydrogen-bond donors (Lipinski definition) is 2. The van der Waals surface area contributed by atoms with Crippen molar-refractivity contribution in [2.45, 2.75) is 19.8 Å². The molecule has 0 atom stereocenters. The molecule has 1 fully saturated rings. The van der Waals surface area contributed by atoms with Gasteiger partial charge in [0.25, 0.3) is 0 Å². The zero-order valence-electron chi connectivity index (χ0n) is 8.36. The van der Waals surface area contributed by atoms with Crippen LogP contribution in [0, 0.1) is 11.3 Å². The van der Waals surface area contributed by atoms with Gasteiger partial charge in [-0.2, -0.15) is 4.31 Å². The molecule has 0 amide bonds. The summed E-state index contributed by atoms with van der Waals surface area (Å²) in [5, 5.41) is 7.08. The maximum absolute atomic E-state index is 11.7. The van der Waals surface area contributed by atoms with Gasteiger partial charge in [-0.25, -0.2) is 8.42 Å². The number of sulfonamides is 1. The molecule has 14 heavy (non-hydrogen) atoms.